The zero-order chi connectivity index (χ0) is 28.4. The maximum absolute atomic E-state index is 14.9. The van der Waals surface area contributed by atoms with Gasteiger partial charge < -0.3 is 20.9 Å². The molecule has 0 spiro atoms. The van der Waals surface area contributed by atoms with Crippen molar-refractivity contribution in [3.8, 4) is 6.07 Å². The molecule has 4 rings (SSSR count). The number of nitriles is 1. The van der Waals surface area contributed by atoms with Crippen molar-refractivity contribution in [3.63, 3.8) is 0 Å². The first-order valence-electron chi connectivity index (χ1n) is 12.7. The Bertz CT molecular complexity index is 982. The van der Waals surface area contributed by atoms with Crippen LogP contribution in [0.3, 0.4) is 0 Å². The maximum Gasteiger partial charge on any atom is 0.471 e. The Kier molecular flexibility index (Phi) is 8.88. The Hall–Kier alpha value is -2.98. The minimum atomic E-state index is -5.27. The second-order valence-corrected chi connectivity index (χ2v) is 10.7. The Balaban J connectivity index is 1.87. The van der Waals surface area contributed by atoms with E-state index in [1.165, 1.54) is 0 Å². The molecule has 212 valence electrons. The van der Waals surface area contributed by atoms with Crippen LogP contribution in [0.2, 0.25) is 0 Å². The summed E-state index contributed by atoms with van der Waals surface area (Å²) in [6.07, 6.45) is -5.15. The molecule has 3 saturated heterocycles. The van der Waals surface area contributed by atoms with Crippen molar-refractivity contribution in [1.29, 1.82) is 5.26 Å². The highest BCUT2D eigenvalue weighted by Gasteiger charge is 2.61. The summed E-state index contributed by atoms with van der Waals surface area (Å²) in [5.41, 5.74) is 0. The third-order valence-electron chi connectivity index (χ3n) is 7.42. The molecular weight excluding hydrogens is 517 g/mol. The zero-order valence-electron chi connectivity index (χ0n) is 21.1. The number of carbonyl (C=O) groups excluding carboxylic acids is 4. The molecule has 14 heteroatoms. The third kappa shape index (κ3) is 6.53. The van der Waals surface area contributed by atoms with Gasteiger partial charge in [-0.1, -0.05) is 13.8 Å². The molecule has 4 aliphatic rings. The molecular formula is C24H32F5N5O4. The van der Waals surface area contributed by atoms with Crippen molar-refractivity contribution in [1.82, 2.24) is 20.9 Å². The molecule has 1 saturated carbocycles. The van der Waals surface area contributed by atoms with E-state index < -0.39 is 72.2 Å². The fourth-order valence-corrected chi connectivity index (χ4v) is 5.68. The first-order valence-corrected chi connectivity index (χ1v) is 12.7. The molecule has 4 fully saturated rings. The van der Waals surface area contributed by atoms with Gasteiger partial charge in [0.25, 0.3) is 5.92 Å². The van der Waals surface area contributed by atoms with E-state index in [-0.39, 0.29) is 37.5 Å². The molecule has 4 amide bonds. The van der Waals surface area contributed by atoms with Crippen LogP contribution in [0, 0.1) is 29.1 Å². The van der Waals surface area contributed by atoms with Crippen LogP contribution in [0.25, 0.3) is 0 Å². The highest BCUT2D eigenvalue weighted by Crippen LogP contribution is 2.49. The minimum Gasteiger partial charge on any atom is -0.356 e. The summed E-state index contributed by atoms with van der Waals surface area (Å²) < 4.78 is 68.7. The number of piperidine rings is 3. The van der Waals surface area contributed by atoms with E-state index in [0.29, 0.717) is 19.4 Å². The summed E-state index contributed by atoms with van der Waals surface area (Å²) in [4.78, 5) is 51.5. The Morgan fingerprint density at radius 1 is 1.18 bits per heavy atom. The average molecular weight is 550 g/mol. The second kappa shape index (κ2) is 11.4. The lowest BCUT2D eigenvalue weighted by Gasteiger charge is -2.54. The molecule has 3 aliphatic heterocycles. The van der Waals surface area contributed by atoms with E-state index in [2.05, 4.69) is 10.6 Å². The number of alkyl halides is 5. The summed E-state index contributed by atoms with van der Waals surface area (Å²) in [7, 11) is 0. The predicted octanol–water partition coefficient (Wildman–Crippen LogP) is 2.02. The fourth-order valence-electron chi connectivity index (χ4n) is 5.68. The minimum absolute atomic E-state index is 0.0587. The molecule has 2 bridgehead atoms. The van der Waals surface area contributed by atoms with E-state index in [1.54, 1.807) is 19.2 Å². The summed E-state index contributed by atoms with van der Waals surface area (Å²) >= 11 is 0. The lowest BCUT2D eigenvalue weighted by Crippen LogP contribution is -2.71. The molecule has 0 radical (unpaired) electrons. The largest absolute Gasteiger partial charge is 0.471 e. The monoisotopic (exact) mass is 549 g/mol. The molecule has 38 heavy (non-hydrogen) atoms. The average Bonchev–Trinajstić information content (AvgIpc) is 2.82. The van der Waals surface area contributed by atoms with Gasteiger partial charge in [0.1, 0.15) is 18.1 Å². The summed E-state index contributed by atoms with van der Waals surface area (Å²) in [6, 6.07) is -3.93. The molecule has 6 atom stereocenters. The summed E-state index contributed by atoms with van der Waals surface area (Å²) in [6.45, 7) is 3.71. The van der Waals surface area contributed by atoms with Crippen LogP contribution in [0.5, 0.6) is 0 Å². The summed E-state index contributed by atoms with van der Waals surface area (Å²) in [5, 5.41) is 16.3. The number of carbonyl (C=O) groups is 4. The first-order chi connectivity index (χ1) is 17.7. The SMILES string of the molecule is CC(C)C[C@@H](NC(=O)C(F)(F)F)C(=O)N1[C@@H]2CC[C@H]([C@@H]1C(=O)N[C@H](C#N)C[C@@H]1CCCNC1=O)C(F)(F)C2. The van der Waals surface area contributed by atoms with Crippen molar-refractivity contribution >= 4 is 23.6 Å². The molecule has 3 heterocycles. The van der Waals surface area contributed by atoms with Crippen LogP contribution in [-0.4, -0.2) is 71.3 Å². The van der Waals surface area contributed by atoms with E-state index in [0.717, 1.165) is 4.90 Å². The number of rotatable bonds is 8. The Labute approximate surface area is 216 Å². The molecule has 0 aromatic heterocycles. The van der Waals surface area contributed by atoms with Gasteiger partial charge in [0.2, 0.25) is 17.7 Å². The maximum atomic E-state index is 14.9. The lowest BCUT2D eigenvalue weighted by molar-refractivity contribution is -0.196. The van der Waals surface area contributed by atoms with Crippen molar-refractivity contribution in [2.45, 2.75) is 95.1 Å². The van der Waals surface area contributed by atoms with Crippen molar-refractivity contribution < 1.29 is 41.1 Å². The van der Waals surface area contributed by atoms with E-state index in [4.69, 9.17) is 0 Å². The van der Waals surface area contributed by atoms with E-state index >= 15 is 0 Å². The van der Waals surface area contributed by atoms with Crippen molar-refractivity contribution in [2.75, 3.05) is 6.54 Å². The lowest BCUT2D eigenvalue weighted by atomic mass is 9.71. The highest BCUT2D eigenvalue weighted by atomic mass is 19.4. The Morgan fingerprint density at radius 3 is 2.42 bits per heavy atom. The molecule has 0 aromatic rings. The number of fused-ring (bicyclic) bond motifs is 3. The predicted molar refractivity (Wildman–Crippen MR) is 122 cm³/mol. The Morgan fingerprint density at radius 2 is 1.87 bits per heavy atom. The van der Waals surface area contributed by atoms with Gasteiger partial charge in [0.15, 0.2) is 0 Å². The summed E-state index contributed by atoms with van der Waals surface area (Å²) in [5.74, 6) is -10.6. The van der Waals surface area contributed by atoms with Crippen LogP contribution in [0.4, 0.5) is 22.0 Å². The molecule has 0 unspecified atom stereocenters. The second-order valence-electron chi connectivity index (χ2n) is 10.7. The quantitative estimate of drug-likeness (QED) is 0.399. The van der Waals surface area contributed by atoms with Gasteiger partial charge in [0, 0.05) is 24.9 Å². The van der Waals surface area contributed by atoms with E-state index in [1.807, 2.05) is 6.07 Å². The fraction of sp³-hybridized carbons (Fsp3) is 0.792. The van der Waals surface area contributed by atoms with Gasteiger partial charge in [-0.05, 0) is 44.4 Å². The van der Waals surface area contributed by atoms with Gasteiger partial charge in [-0.15, -0.1) is 0 Å². The van der Waals surface area contributed by atoms with Gasteiger partial charge in [0.05, 0.1) is 12.0 Å². The van der Waals surface area contributed by atoms with Crippen LogP contribution in [0.15, 0.2) is 0 Å². The van der Waals surface area contributed by atoms with Gasteiger partial charge in [-0.25, -0.2) is 8.78 Å². The van der Waals surface area contributed by atoms with Crippen molar-refractivity contribution in [2.24, 2.45) is 17.8 Å². The molecule has 3 N–H and O–H groups in total. The smallest absolute Gasteiger partial charge is 0.356 e. The topological polar surface area (TPSA) is 131 Å². The zero-order valence-corrected chi connectivity index (χ0v) is 21.1. The number of nitrogens with zero attached hydrogens (tertiary/aromatic N) is 2. The van der Waals surface area contributed by atoms with E-state index in [9.17, 15) is 46.4 Å². The number of halogens is 5. The highest BCUT2D eigenvalue weighted by molar-refractivity contribution is 5.94. The van der Waals surface area contributed by atoms with Crippen LogP contribution < -0.4 is 16.0 Å². The normalized spacial score (nSPS) is 28.2. The van der Waals surface area contributed by atoms with Gasteiger partial charge in [-0.3, -0.25) is 19.2 Å². The van der Waals surface area contributed by atoms with Gasteiger partial charge >= 0.3 is 12.1 Å². The molecule has 0 aromatic carbocycles. The molecule has 9 nitrogen and oxygen atoms in total. The van der Waals surface area contributed by atoms with Crippen LogP contribution in [-0.2, 0) is 19.2 Å². The third-order valence-corrected chi connectivity index (χ3v) is 7.42. The molecule has 1 aliphatic carbocycles. The van der Waals surface area contributed by atoms with Crippen LogP contribution in [0.1, 0.15) is 58.8 Å². The first kappa shape index (κ1) is 29.6. The number of hydrogen-bond acceptors (Lipinski definition) is 5. The number of hydrogen-bond donors (Lipinski definition) is 3. The standard InChI is InChI=1S/C24H32F5N5O4/c1-12(2)8-17(33-22(38)24(27,28)29)21(37)34-15-5-6-16(23(25,26)10-15)18(34)20(36)32-14(11-30)9-13-4-3-7-31-19(13)35/h12-18H,3-10H2,1-2H3,(H,31,35)(H,32,36)(H,33,38)/t13-,14-,15+,16+,17+,18+/m0/s1. The van der Waals surface area contributed by atoms with Crippen molar-refractivity contribution in [3.05, 3.63) is 0 Å². The number of amides is 4. The van der Waals surface area contributed by atoms with Crippen LogP contribution >= 0.6 is 0 Å². The number of nitrogens with one attached hydrogen (secondary N) is 3. The van der Waals surface area contributed by atoms with Gasteiger partial charge in [-0.2, -0.15) is 18.4 Å².